The molecule has 5 heteroatoms. The third kappa shape index (κ3) is 4.05. The molecule has 0 aliphatic heterocycles. The molecular weight excluding hydrogens is 266 g/mol. The molecule has 2 aromatic rings. The van der Waals surface area contributed by atoms with Gasteiger partial charge in [0.15, 0.2) is 0 Å². The Kier molecular flexibility index (Phi) is 4.89. The minimum Gasteiger partial charge on any atom is -0.463 e. The van der Waals surface area contributed by atoms with Crippen molar-refractivity contribution in [3.8, 4) is 6.07 Å². The molecule has 0 aliphatic rings. The van der Waals surface area contributed by atoms with Crippen LogP contribution in [0.25, 0.3) is 5.57 Å². The summed E-state index contributed by atoms with van der Waals surface area (Å²) < 4.78 is 6.67. The van der Waals surface area contributed by atoms with Crippen LogP contribution in [0.1, 0.15) is 18.1 Å². The van der Waals surface area contributed by atoms with E-state index in [-0.39, 0.29) is 0 Å². The molecule has 5 nitrogen and oxygen atoms in total. The molecule has 0 saturated carbocycles. The van der Waals surface area contributed by atoms with E-state index in [4.69, 9.17) is 10.00 Å². The van der Waals surface area contributed by atoms with E-state index in [0.717, 1.165) is 11.1 Å². The molecule has 0 bridgehead atoms. The number of esters is 1. The fraction of sp³-hybridized carbons (Fsp3) is 0.188. The molecule has 0 radical (unpaired) electrons. The maximum Gasteiger partial charge on any atom is 0.331 e. The Hall–Kier alpha value is -2.87. The van der Waals surface area contributed by atoms with Gasteiger partial charge in [-0.3, -0.25) is 4.68 Å². The van der Waals surface area contributed by atoms with Crippen LogP contribution in [-0.2, 0) is 16.1 Å². The molecular formula is C16H15N3O2. The molecule has 0 saturated heterocycles. The Bertz CT molecular complexity index is 682. The van der Waals surface area contributed by atoms with Gasteiger partial charge in [-0.05, 0) is 36.3 Å². The summed E-state index contributed by atoms with van der Waals surface area (Å²) in [5, 5.41) is 13.1. The number of hydrogen-bond acceptors (Lipinski definition) is 4. The molecule has 21 heavy (non-hydrogen) atoms. The third-order valence-corrected chi connectivity index (χ3v) is 2.83. The number of allylic oxidation sites excluding steroid dienone is 1. The second-order valence-corrected chi connectivity index (χ2v) is 4.32. The molecule has 0 atom stereocenters. The van der Waals surface area contributed by atoms with Gasteiger partial charge in [0, 0.05) is 18.5 Å². The maximum atomic E-state index is 11.7. The smallest absolute Gasteiger partial charge is 0.331 e. The molecule has 0 amide bonds. The van der Waals surface area contributed by atoms with Crippen molar-refractivity contribution in [1.82, 2.24) is 9.78 Å². The number of nitriles is 1. The van der Waals surface area contributed by atoms with Crippen molar-refractivity contribution in [2.24, 2.45) is 0 Å². The van der Waals surface area contributed by atoms with Gasteiger partial charge in [-0.15, -0.1) is 0 Å². The zero-order chi connectivity index (χ0) is 15.1. The van der Waals surface area contributed by atoms with Gasteiger partial charge < -0.3 is 4.74 Å². The van der Waals surface area contributed by atoms with Crippen LogP contribution in [0.5, 0.6) is 0 Å². The number of benzene rings is 1. The number of rotatable bonds is 5. The van der Waals surface area contributed by atoms with E-state index in [1.807, 2.05) is 18.3 Å². The molecule has 2 rings (SSSR count). The molecule has 1 aromatic carbocycles. The van der Waals surface area contributed by atoms with Crippen LogP contribution in [0.15, 0.2) is 48.8 Å². The van der Waals surface area contributed by atoms with Crippen molar-refractivity contribution < 1.29 is 9.53 Å². The van der Waals surface area contributed by atoms with E-state index in [1.54, 1.807) is 36.0 Å². The summed E-state index contributed by atoms with van der Waals surface area (Å²) in [6.45, 7) is 2.51. The SMILES string of the molecule is CCOC(=O)/C=C(\Cn1cccn1)c1cccc(C#N)c1. The highest BCUT2D eigenvalue weighted by Crippen LogP contribution is 2.18. The van der Waals surface area contributed by atoms with Crippen LogP contribution in [0.4, 0.5) is 0 Å². The standard InChI is InChI=1S/C16H15N3O2/c1-2-21-16(20)10-15(12-19-8-4-7-18-19)14-6-3-5-13(9-14)11-17/h3-10H,2,12H2,1H3/b15-10+. The second-order valence-electron chi connectivity index (χ2n) is 4.32. The molecule has 0 N–H and O–H groups in total. The van der Waals surface area contributed by atoms with Gasteiger partial charge in [0.2, 0.25) is 0 Å². The quantitative estimate of drug-likeness (QED) is 0.623. The van der Waals surface area contributed by atoms with Crippen LogP contribution < -0.4 is 0 Å². The zero-order valence-corrected chi connectivity index (χ0v) is 11.7. The van der Waals surface area contributed by atoms with Crippen molar-refractivity contribution >= 4 is 11.5 Å². The van der Waals surface area contributed by atoms with E-state index in [2.05, 4.69) is 11.2 Å². The average molecular weight is 281 g/mol. The Morgan fingerprint density at radius 2 is 2.33 bits per heavy atom. The van der Waals surface area contributed by atoms with Gasteiger partial charge in [0.25, 0.3) is 0 Å². The number of ether oxygens (including phenoxy) is 1. The lowest BCUT2D eigenvalue weighted by Crippen LogP contribution is -2.06. The molecule has 106 valence electrons. The van der Waals surface area contributed by atoms with Crippen molar-refractivity contribution in [3.05, 3.63) is 59.9 Å². The van der Waals surface area contributed by atoms with E-state index in [1.165, 1.54) is 6.08 Å². The highest BCUT2D eigenvalue weighted by molar-refractivity contribution is 5.91. The summed E-state index contributed by atoms with van der Waals surface area (Å²) in [7, 11) is 0. The van der Waals surface area contributed by atoms with Crippen LogP contribution in [0, 0.1) is 11.3 Å². The van der Waals surface area contributed by atoms with Crippen molar-refractivity contribution in [3.63, 3.8) is 0 Å². The molecule has 0 spiro atoms. The van der Waals surface area contributed by atoms with Crippen LogP contribution in [0.2, 0.25) is 0 Å². The van der Waals surface area contributed by atoms with E-state index in [0.29, 0.717) is 18.7 Å². The van der Waals surface area contributed by atoms with Crippen molar-refractivity contribution in [2.45, 2.75) is 13.5 Å². The Labute approximate surface area is 123 Å². The molecule has 1 heterocycles. The van der Waals surface area contributed by atoms with Gasteiger partial charge in [-0.25, -0.2) is 4.79 Å². The lowest BCUT2D eigenvalue weighted by Gasteiger charge is -2.09. The van der Waals surface area contributed by atoms with Crippen molar-refractivity contribution in [1.29, 1.82) is 5.26 Å². The van der Waals surface area contributed by atoms with Gasteiger partial charge in [-0.2, -0.15) is 10.4 Å². The molecule has 0 aliphatic carbocycles. The average Bonchev–Trinajstić information content (AvgIpc) is 3.00. The van der Waals surface area contributed by atoms with Gasteiger partial charge in [0.1, 0.15) is 0 Å². The lowest BCUT2D eigenvalue weighted by atomic mass is 10.0. The first kappa shape index (κ1) is 14.5. The third-order valence-electron chi connectivity index (χ3n) is 2.83. The fourth-order valence-electron chi connectivity index (χ4n) is 1.90. The Morgan fingerprint density at radius 1 is 1.48 bits per heavy atom. The minimum atomic E-state index is -0.401. The minimum absolute atomic E-state index is 0.322. The van der Waals surface area contributed by atoms with Crippen LogP contribution >= 0.6 is 0 Å². The first-order chi connectivity index (χ1) is 10.2. The highest BCUT2D eigenvalue weighted by Gasteiger charge is 2.08. The number of hydrogen-bond donors (Lipinski definition) is 0. The van der Waals surface area contributed by atoms with E-state index < -0.39 is 5.97 Å². The topological polar surface area (TPSA) is 67.9 Å². The predicted molar refractivity (Wildman–Crippen MR) is 78.0 cm³/mol. The molecule has 0 unspecified atom stereocenters. The largest absolute Gasteiger partial charge is 0.463 e. The lowest BCUT2D eigenvalue weighted by molar-refractivity contribution is -0.137. The van der Waals surface area contributed by atoms with Crippen LogP contribution in [0.3, 0.4) is 0 Å². The molecule has 0 fully saturated rings. The fourth-order valence-corrected chi connectivity index (χ4v) is 1.90. The zero-order valence-electron chi connectivity index (χ0n) is 11.7. The van der Waals surface area contributed by atoms with Gasteiger partial charge in [-0.1, -0.05) is 12.1 Å². The summed E-state index contributed by atoms with van der Waals surface area (Å²) in [5.74, 6) is -0.401. The molecule has 1 aromatic heterocycles. The number of carbonyl (C=O) groups is 1. The van der Waals surface area contributed by atoms with Crippen LogP contribution in [-0.4, -0.2) is 22.4 Å². The normalized spacial score (nSPS) is 11.0. The van der Waals surface area contributed by atoms with Crippen molar-refractivity contribution in [2.75, 3.05) is 6.61 Å². The summed E-state index contributed by atoms with van der Waals surface area (Å²) in [6, 6.07) is 11.0. The Balaban J connectivity index is 2.34. The first-order valence-electron chi connectivity index (χ1n) is 6.58. The summed E-state index contributed by atoms with van der Waals surface area (Å²) in [6.07, 6.45) is 4.93. The number of nitrogens with zero attached hydrogens (tertiary/aromatic N) is 3. The summed E-state index contributed by atoms with van der Waals surface area (Å²) in [4.78, 5) is 11.7. The van der Waals surface area contributed by atoms with Gasteiger partial charge in [0.05, 0.1) is 24.8 Å². The number of carbonyl (C=O) groups excluding carboxylic acids is 1. The first-order valence-corrected chi connectivity index (χ1v) is 6.58. The Morgan fingerprint density at radius 3 is 3.00 bits per heavy atom. The predicted octanol–water partition coefficient (Wildman–Crippen LogP) is 2.40. The second kappa shape index (κ2) is 7.06. The van der Waals surface area contributed by atoms with E-state index in [9.17, 15) is 4.79 Å². The van der Waals surface area contributed by atoms with E-state index >= 15 is 0 Å². The van der Waals surface area contributed by atoms with Gasteiger partial charge >= 0.3 is 5.97 Å². The maximum absolute atomic E-state index is 11.7. The summed E-state index contributed by atoms with van der Waals surface area (Å²) in [5.41, 5.74) is 2.09. The monoisotopic (exact) mass is 281 g/mol. The highest BCUT2D eigenvalue weighted by atomic mass is 16.5. The number of aromatic nitrogens is 2. The summed E-state index contributed by atoms with van der Waals surface area (Å²) >= 11 is 0.